The third-order valence-corrected chi connectivity index (χ3v) is 6.10. The van der Waals surface area contributed by atoms with E-state index < -0.39 is 12.4 Å². The van der Waals surface area contributed by atoms with E-state index in [-0.39, 0.29) is 18.5 Å². The van der Waals surface area contributed by atoms with Gasteiger partial charge >= 0.3 is 0 Å². The second kappa shape index (κ2) is 14.1. The minimum atomic E-state index is -0.446. The van der Waals surface area contributed by atoms with Crippen LogP contribution in [0.2, 0.25) is 0 Å². The molecule has 3 rings (SSSR count). The molecule has 1 aromatic carbocycles. The van der Waals surface area contributed by atoms with Crippen molar-refractivity contribution >= 4 is 6.47 Å². The number of aliphatic hydroxyl groups is 1. The van der Waals surface area contributed by atoms with Gasteiger partial charge in [-0.1, -0.05) is 38.0 Å². The van der Waals surface area contributed by atoms with Gasteiger partial charge in [-0.2, -0.15) is 0 Å². The van der Waals surface area contributed by atoms with E-state index in [1.165, 1.54) is 30.2 Å². The summed E-state index contributed by atoms with van der Waals surface area (Å²) in [5.74, 6) is 1.90. The average molecular weight is 461 g/mol. The Kier molecular flexibility index (Phi) is 11.5. The Bertz CT molecular complexity index is 777. The van der Waals surface area contributed by atoms with Crippen LogP contribution in [0.25, 0.3) is 0 Å². The number of aliphatic hydroxyl groups excluding tert-OH is 1. The SMILES string of the molecule is C=COc1cc(CCCCC)cc(OC2CC(O)CC(C)O2)c1C1C=C(C)CCC1.O=CO. The van der Waals surface area contributed by atoms with E-state index in [4.69, 9.17) is 24.1 Å². The number of ether oxygens (including phenoxy) is 3. The fourth-order valence-electron chi connectivity index (χ4n) is 4.66. The van der Waals surface area contributed by atoms with E-state index in [0.717, 1.165) is 49.2 Å². The molecule has 1 fully saturated rings. The van der Waals surface area contributed by atoms with Crippen LogP contribution in [0.1, 0.15) is 89.2 Å². The van der Waals surface area contributed by atoms with Crippen LogP contribution in [0, 0.1) is 0 Å². The number of hydrogen-bond acceptors (Lipinski definition) is 5. The smallest absolute Gasteiger partial charge is 0.290 e. The molecule has 33 heavy (non-hydrogen) atoms. The normalized spacial score (nSPS) is 24.7. The van der Waals surface area contributed by atoms with Crippen LogP contribution in [0.4, 0.5) is 0 Å². The Hall–Kier alpha value is -2.31. The maximum Gasteiger partial charge on any atom is 0.290 e. The fraction of sp³-hybridized carbons (Fsp3) is 0.593. The quantitative estimate of drug-likeness (QED) is 0.200. The predicted octanol–water partition coefficient (Wildman–Crippen LogP) is 6.12. The molecule has 1 heterocycles. The summed E-state index contributed by atoms with van der Waals surface area (Å²) in [5, 5.41) is 17.1. The first kappa shape index (κ1) is 26.9. The largest absolute Gasteiger partial charge is 0.483 e. The molecule has 4 unspecified atom stereocenters. The lowest BCUT2D eigenvalue weighted by molar-refractivity contribution is -0.170. The molecule has 1 aliphatic carbocycles. The Labute approximate surface area is 198 Å². The standard InChI is InChI=1S/C26H38O4.CH2O2/c1-5-7-8-11-20-15-23(28-6-2)26(21-12-9-10-18(3)13-21)24(16-20)30-25-17-22(27)14-19(4)29-25;2-1-3/h6,13,15-16,19,21-22,25,27H,2,5,7-12,14,17H2,1,3-4H3;1H,(H,2,3). The highest BCUT2D eigenvalue weighted by Crippen LogP contribution is 2.43. The van der Waals surface area contributed by atoms with Crippen LogP contribution in [0.15, 0.2) is 36.6 Å². The van der Waals surface area contributed by atoms with Crippen molar-refractivity contribution in [2.24, 2.45) is 0 Å². The Balaban J connectivity index is 0.00000122. The molecule has 1 aromatic rings. The molecule has 6 nitrogen and oxygen atoms in total. The third kappa shape index (κ3) is 8.52. The number of aryl methyl sites for hydroxylation is 1. The summed E-state index contributed by atoms with van der Waals surface area (Å²) in [6.07, 6.45) is 12.0. The molecule has 0 amide bonds. The van der Waals surface area contributed by atoms with Crippen LogP contribution in [-0.4, -0.2) is 35.2 Å². The highest BCUT2D eigenvalue weighted by molar-refractivity contribution is 5.52. The van der Waals surface area contributed by atoms with E-state index in [1.54, 1.807) is 0 Å². The number of benzene rings is 1. The fourth-order valence-corrected chi connectivity index (χ4v) is 4.66. The Morgan fingerprint density at radius 1 is 1.24 bits per heavy atom. The first-order valence-electron chi connectivity index (χ1n) is 12.1. The lowest BCUT2D eigenvalue weighted by Crippen LogP contribution is -2.37. The van der Waals surface area contributed by atoms with Gasteiger partial charge in [0, 0.05) is 17.9 Å². The molecule has 0 saturated carbocycles. The summed E-state index contributed by atoms with van der Waals surface area (Å²) < 4.78 is 18.3. The molecule has 1 saturated heterocycles. The highest BCUT2D eigenvalue weighted by Gasteiger charge is 2.30. The van der Waals surface area contributed by atoms with Crippen molar-refractivity contribution in [3.8, 4) is 11.5 Å². The van der Waals surface area contributed by atoms with E-state index in [2.05, 4.69) is 38.6 Å². The lowest BCUT2D eigenvalue weighted by Gasteiger charge is -2.33. The van der Waals surface area contributed by atoms with Crippen molar-refractivity contribution in [1.29, 1.82) is 0 Å². The summed E-state index contributed by atoms with van der Waals surface area (Å²) in [6.45, 7) is 9.94. The van der Waals surface area contributed by atoms with E-state index in [1.807, 2.05) is 6.92 Å². The number of unbranched alkanes of at least 4 members (excludes halogenated alkanes) is 2. The minimum Gasteiger partial charge on any atom is -0.483 e. The van der Waals surface area contributed by atoms with Gasteiger partial charge in [0.2, 0.25) is 6.29 Å². The van der Waals surface area contributed by atoms with Crippen molar-refractivity contribution in [3.05, 3.63) is 47.7 Å². The molecule has 0 aromatic heterocycles. The average Bonchev–Trinajstić information content (AvgIpc) is 2.74. The minimum absolute atomic E-state index is 0.0179. The molecular weight excluding hydrogens is 420 g/mol. The van der Waals surface area contributed by atoms with Gasteiger partial charge in [0.1, 0.15) is 11.5 Å². The summed E-state index contributed by atoms with van der Waals surface area (Å²) in [4.78, 5) is 8.36. The third-order valence-electron chi connectivity index (χ3n) is 6.10. The molecule has 1 aliphatic heterocycles. The number of carboxylic acid groups (broad SMARTS) is 1. The van der Waals surface area contributed by atoms with Gasteiger partial charge in [-0.15, -0.1) is 0 Å². The first-order chi connectivity index (χ1) is 15.9. The van der Waals surface area contributed by atoms with Crippen molar-refractivity contribution < 1.29 is 29.2 Å². The lowest BCUT2D eigenvalue weighted by atomic mass is 9.84. The van der Waals surface area contributed by atoms with Gasteiger partial charge in [-0.25, -0.2) is 0 Å². The number of allylic oxidation sites excluding steroid dienone is 2. The molecular formula is C27H40O6. The van der Waals surface area contributed by atoms with Crippen molar-refractivity contribution in [3.63, 3.8) is 0 Å². The zero-order valence-corrected chi connectivity index (χ0v) is 20.3. The van der Waals surface area contributed by atoms with Crippen molar-refractivity contribution in [2.75, 3.05) is 0 Å². The molecule has 2 N–H and O–H groups in total. The zero-order valence-electron chi connectivity index (χ0n) is 20.3. The molecule has 6 heteroatoms. The van der Waals surface area contributed by atoms with Crippen LogP contribution < -0.4 is 9.47 Å². The first-order valence-corrected chi connectivity index (χ1v) is 12.1. The van der Waals surface area contributed by atoms with E-state index in [9.17, 15) is 5.11 Å². The topological polar surface area (TPSA) is 85.2 Å². The van der Waals surface area contributed by atoms with Crippen LogP contribution in [-0.2, 0) is 16.0 Å². The van der Waals surface area contributed by atoms with Gasteiger partial charge in [0.15, 0.2) is 0 Å². The van der Waals surface area contributed by atoms with Crippen molar-refractivity contribution in [1.82, 2.24) is 0 Å². The second-order valence-electron chi connectivity index (χ2n) is 8.98. The summed E-state index contributed by atoms with van der Waals surface area (Å²) in [7, 11) is 0. The van der Waals surface area contributed by atoms with E-state index >= 15 is 0 Å². The zero-order chi connectivity index (χ0) is 24.2. The van der Waals surface area contributed by atoms with Gasteiger partial charge in [0.05, 0.1) is 18.5 Å². The Morgan fingerprint density at radius 2 is 1.97 bits per heavy atom. The van der Waals surface area contributed by atoms with Crippen LogP contribution >= 0.6 is 0 Å². The summed E-state index contributed by atoms with van der Waals surface area (Å²) in [6, 6.07) is 4.31. The molecule has 4 atom stereocenters. The maximum absolute atomic E-state index is 10.2. The maximum atomic E-state index is 10.2. The van der Waals surface area contributed by atoms with Crippen molar-refractivity contribution in [2.45, 2.75) is 103 Å². The summed E-state index contributed by atoms with van der Waals surface area (Å²) >= 11 is 0. The van der Waals surface area contributed by atoms with Gasteiger partial charge in [0.25, 0.3) is 6.47 Å². The highest BCUT2D eigenvalue weighted by atomic mass is 16.7. The van der Waals surface area contributed by atoms with E-state index in [0.29, 0.717) is 12.8 Å². The molecule has 2 aliphatic rings. The van der Waals surface area contributed by atoms with Gasteiger partial charge in [-0.05, 0) is 70.1 Å². The molecule has 184 valence electrons. The van der Waals surface area contributed by atoms with Gasteiger partial charge < -0.3 is 24.4 Å². The molecule has 0 spiro atoms. The number of hydrogen-bond donors (Lipinski definition) is 2. The molecule has 0 radical (unpaired) electrons. The number of carbonyl (C=O) groups is 1. The van der Waals surface area contributed by atoms with Gasteiger partial charge in [-0.3, -0.25) is 4.79 Å². The van der Waals surface area contributed by atoms with Crippen LogP contribution in [0.5, 0.6) is 11.5 Å². The Morgan fingerprint density at radius 3 is 2.61 bits per heavy atom. The number of rotatable bonds is 9. The molecule has 0 bridgehead atoms. The van der Waals surface area contributed by atoms with Crippen LogP contribution in [0.3, 0.4) is 0 Å². The summed E-state index contributed by atoms with van der Waals surface area (Å²) in [5.41, 5.74) is 3.69. The second-order valence-corrected chi connectivity index (χ2v) is 8.98. The predicted molar refractivity (Wildman–Crippen MR) is 130 cm³/mol. The monoisotopic (exact) mass is 460 g/mol.